The number of hydrogen-bond donors (Lipinski definition) is 0. The number of halogens is 1. The van der Waals surface area contributed by atoms with Crippen LogP contribution in [0.2, 0.25) is 0 Å². The number of nitrogens with zero attached hydrogens (tertiary/aromatic N) is 2. The quantitative estimate of drug-likeness (QED) is 0.682. The summed E-state index contributed by atoms with van der Waals surface area (Å²) in [5.74, 6) is 0. The van der Waals surface area contributed by atoms with E-state index in [0.29, 0.717) is 5.38 Å². The first kappa shape index (κ1) is 8.48. The molecule has 0 saturated carbocycles. The van der Waals surface area contributed by atoms with Gasteiger partial charge in [-0.3, -0.25) is 9.88 Å². The number of hydrogen-bond acceptors (Lipinski definition) is 3. The van der Waals surface area contributed by atoms with Crippen molar-refractivity contribution in [2.24, 2.45) is 0 Å². The maximum Gasteiger partial charge on any atom is 0.0794 e. The van der Waals surface area contributed by atoms with Gasteiger partial charge in [-0.05, 0) is 6.42 Å². The summed E-state index contributed by atoms with van der Waals surface area (Å²) in [4.78, 5) is 7.76. The summed E-state index contributed by atoms with van der Waals surface area (Å²) in [7, 11) is 0. The second-order valence-corrected chi connectivity index (χ2v) is 4.68. The van der Waals surface area contributed by atoms with Gasteiger partial charge in [-0.15, -0.1) is 22.9 Å². The topological polar surface area (TPSA) is 16.1 Å². The molecule has 2 heterocycles. The van der Waals surface area contributed by atoms with Gasteiger partial charge in [0.25, 0.3) is 0 Å². The molecule has 1 aromatic rings. The Morgan fingerprint density at radius 1 is 1.75 bits per heavy atom. The molecule has 0 N–H and O–H groups in total. The molecule has 2 nitrogen and oxygen atoms in total. The highest BCUT2D eigenvalue weighted by Crippen LogP contribution is 2.18. The van der Waals surface area contributed by atoms with Gasteiger partial charge in [-0.2, -0.15) is 0 Å². The Balaban J connectivity index is 1.88. The zero-order chi connectivity index (χ0) is 8.39. The van der Waals surface area contributed by atoms with Crippen molar-refractivity contribution < 1.29 is 0 Å². The molecule has 0 aromatic carbocycles. The molecule has 1 aliphatic rings. The summed E-state index contributed by atoms with van der Waals surface area (Å²) in [5, 5.41) is 0.359. The molecule has 12 heavy (non-hydrogen) atoms. The summed E-state index contributed by atoms with van der Waals surface area (Å²) in [6.07, 6.45) is 3.06. The molecule has 0 aliphatic carbocycles. The minimum absolute atomic E-state index is 0.359. The molecule has 1 unspecified atom stereocenters. The Bertz CT molecular complexity index is 237. The summed E-state index contributed by atoms with van der Waals surface area (Å²) in [6, 6.07) is 0. The molecule has 1 saturated heterocycles. The van der Waals surface area contributed by atoms with Gasteiger partial charge in [-0.1, -0.05) is 0 Å². The first-order chi connectivity index (χ1) is 5.84. The number of rotatable bonds is 2. The molecule has 1 atom stereocenters. The van der Waals surface area contributed by atoms with Crippen molar-refractivity contribution in [1.29, 1.82) is 0 Å². The highest BCUT2D eigenvalue weighted by molar-refractivity contribution is 7.09. The molecule has 4 heteroatoms. The standard InChI is InChI=1S/C8H11ClN2S/c9-7-1-2-11(4-7)5-8-3-10-6-12-8/h3,6-7H,1-2,4-5H2. The van der Waals surface area contributed by atoms with E-state index < -0.39 is 0 Å². The third kappa shape index (κ3) is 1.97. The van der Waals surface area contributed by atoms with Crippen LogP contribution in [0.5, 0.6) is 0 Å². The highest BCUT2D eigenvalue weighted by atomic mass is 35.5. The van der Waals surface area contributed by atoms with Crippen LogP contribution in [0.25, 0.3) is 0 Å². The van der Waals surface area contributed by atoms with Crippen LogP contribution >= 0.6 is 22.9 Å². The number of thiazole rings is 1. The van der Waals surface area contributed by atoms with Crippen molar-refractivity contribution in [3.05, 3.63) is 16.6 Å². The fraction of sp³-hybridized carbons (Fsp3) is 0.625. The molecule has 0 amide bonds. The molecule has 0 bridgehead atoms. The summed E-state index contributed by atoms with van der Waals surface area (Å²) >= 11 is 7.71. The van der Waals surface area contributed by atoms with E-state index in [9.17, 15) is 0 Å². The van der Waals surface area contributed by atoms with Crippen molar-refractivity contribution in [2.45, 2.75) is 18.3 Å². The molecule has 2 rings (SSSR count). The van der Waals surface area contributed by atoms with Crippen LogP contribution in [-0.4, -0.2) is 28.4 Å². The van der Waals surface area contributed by atoms with Crippen molar-refractivity contribution in [3.63, 3.8) is 0 Å². The van der Waals surface area contributed by atoms with Crippen LogP contribution in [-0.2, 0) is 6.54 Å². The van der Waals surface area contributed by atoms with E-state index in [-0.39, 0.29) is 0 Å². The Kier molecular flexibility index (Phi) is 2.63. The van der Waals surface area contributed by atoms with Gasteiger partial charge in [0.15, 0.2) is 0 Å². The van der Waals surface area contributed by atoms with E-state index in [1.54, 1.807) is 11.3 Å². The van der Waals surface area contributed by atoms with Crippen LogP contribution in [0.15, 0.2) is 11.7 Å². The Labute approximate surface area is 81.2 Å². The van der Waals surface area contributed by atoms with Gasteiger partial charge in [0.2, 0.25) is 0 Å². The minimum atomic E-state index is 0.359. The van der Waals surface area contributed by atoms with Crippen LogP contribution in [0, 0.1) is 0 Å². The lowest BCUT2D eigenvalue weighted by molar-refractivity contribution is 0.335. The smallest absolute Gasteiger partial charge is 0.0794 e. The molecule has 1 aromatic heterocycles. The zero-order valence-corrected chi connectivity index (χ0v) is 8.31. The van der Waals surface area contributed by atoms with Crippen LogP contribution in [0.3, 0.4) is 0 Å². The molecular weight excluding hydrogens is 192 g/mol. The minimum Gasteiger partial charge on any atom is -0.297 e. The Hall–Kier alpha value is -0.120. The highest BCUT2D eigenvalue weighted by Gasteiger charge is 2.20. The largest absolute Gasteiger partial charge is 0.297 e. The predicted molar refractivity (Wildman–Crippen MR) is 51.6 cm³/mol. The molecule has 0 radical (unpaired) electrons. The lowest BCUT2D eigenvalue weighted by Gasteiger charge is -2.12. The Morgan fingerprint density at radius 3 is 3.25 bits per heavy atom. The van der Waals surface area contributed by atoms with E-state index in [0.717, 1.165) is 26.1 Å². The van der Waals surface area contributed by atoms with Crippen molar-refractivity contribution in [2.75, 3.05) is 13.1 Å². The maximum absolute atomic E-state index is 5.99. The normalized spacial score (nSPS) is 24.9. The van der Waals surface area contributed by atoms with Gasteiger partial charge in [0, 0.05) is 36.1 Å². The van der Waals surface area contributed by atoms with E-state index in [1.807, 2.05) is 11.7 Å². The fourth-order valence-corrected chi connectivity index (χ4v) is 2.40. The van der Waals surface area contributed by atoms with Gasteiger partial charge in [-0.25, -0.2) is 0 Å². The second-order valence-electron chi connectivity index (χ2n) is 3.09. The number of likely N-dealkylation sites (tertiary alicyclic amines) is 1. The van der Waals surface area contributed by atoms with E-state index in [4.69, 9.17) is 11.6 Å². The summed E-state index contributed by atoms with van der Waals surface area (Å²) in [5.41, 5.74) is 1.88. The van der Waals surface area contributed by atoms with Crippen LogP contribution < -0.4 is 0 Å². The molecule has 1 aliphatic heterocycles. The first-order valence-electron chi connectivity index (χ1n) is 4.08. The van der Waals surface area contributed by atoms with Crippen molar-refractivity contribution >= 4 is 22.9 Å². The summed E-state index contributed by atoms with van der Waals surface area (Å²) in [6.45, 7) is 3.18. The lowest BCUT2D eigenvalue weighted by Crippen LogP contribution is -2.19. The molecule has 1 fully saturated rings. The zero-order valence-electron chi connectivity index (χ0n) is 6.74. The van der Waals surface area contributed by atoms with Gasteiger partial charge >= 0.3 is 0 Å². The first-order valence-corrected chi connectivity index (χ1v) is 5.40. The predicted octanol–water partition coefficient (Wildman–Crippen LogP) is 1.96. The maximum atomic E-state index is 5.99. The summed E-state index contributed by atoms with van der Waals surface area (Å²) < 4.78 is 0. The van der Waals surface area contributed by atoms with E-state index in [1.165, 1.54) is 4.88 Å². The average Bonchev–Trinajstić information content (AvgIpc) is 2.63. The van der Waals surface area contributed by atoms with Gasteiger partial charge in [0.1, 0.15) is 0 Å². The molecule has 66 valence electrons. The van der Waals surface area contributed by atoms with Gasteiger partial charge < -0.3 is 0 Å². The Morgan fingerprint density at radius 2 is 2.67 bits per heavy atom. The second kappa shape index (κ2) is 3.73. The van der Waals surface area contributed by atoms with Crippen molar-refractivity contribution in [3.8, 4) is 0 Å². The average molecular weight is 203 g/mol. The third-order valence-electron chi connectivity index (χ3n) is 2.08. The van der Waals surface area contributed by atoms with Crippen LogP contribution in [0.4, 0.5) is 0 Å². The van der Waals surface area contributed by atoms with E-state index >= 15 is 0 Å². The van der Waals surface area contributed by atoms with Crippen LogP contribution in [0.1, 0.15) is 11.3 Å². The monoisotopic (exact) mass is 202 g/mol. The fourth-order valence-electron chi connectivity index (χ4n) is 1.47. The SMILES string of the molecule is ClC1CCN(Cc2cncs2)C1. The number of aromatic nitrogens is 1. The van der Waals surface area contributed by atoms with Gasteiger partial charge in [0.05, 0.1) is 5.51 Å². The van der Waals surface area contributed by atoms with E-state index in [2.05, 4.69) is 9.88 Å². The lowest BCUT2D eigenvalue weighted by atomic mass is 10.4. The third-order valence-corrected chi connectivity index (χ3v) is 3.20. The van der Waals surface area contributed by atoms with Crippen molar-refractivity contribution in [1.82, 2.24) is 9.88 Å². The molecular formula is C8H11ClN2S. The number of alkyl halides is 1. The molecule has 0 spiro atoms.